The highest BCUT2D eigenvalue weighted by molar-refractivity contribution is 7.21. The Hall–Kier alpha value is -9.11. The molecule has 0 unspecified atom stereocenters. The first-order valence-electron chi connectivity index (χ1n) is 24.0. The zero-order chi connectivity index (χ0) is 46.9. The van der Waals surface area contributed by atoms with Crippen molar-refractivity contribution in [3.63, 3.8) is 0 Å². The van der Waals surface area contributed by atoms with Gasteiger partial charge in [0.05, 0.1) is 5.69 Å². The molecule has 14 rings (SSSR count). The first-order valence-corrected chi connectivity index (χ1v) is 26.0. The van der Waals surface area contributed by atoms with Crippen LogP contribution in [0.2, 0.25) is 0 Å². The molecule has 11 aromatic rings. The lowest BCUT2D eigenvalue weighted by atomic mass is 9.35. The maximum absolute atomic E-state index is 7.17. The second kappa shape index (κ2) is 16.5. The predicted octanol–water partition coefficient (Wildman–Crippen LogP) is 10.4. The van der Waals surface area contributed by atoms with Gasteiger partial charge in [0, 0.05) is 45.7 Å². The van der Waals surface area contributed by atoms with Crippen molar-refractivity contribution in [2.45, 2.75) is 0 Å². The second-order valence-electron chi connectivity index (χ2n) is 18.3. The maximum Gasteiger partial charge on any atom is 0.260 e. The van der Waals surface area contributed by atoms with E-state index in [9.17, 15) is 0 Å². The predicted molar refractivity (Wildman–Crippen MR) is 291 cm³/mol. The molecule has 4 heterocycles. The van der Waals surface area contributed by atoms with E-state index in [1.54, 1.807) is 0 Å². The van der Waals surface area contributed by atoms with Crippen LogP contribution in [0.3, 0.4) is 0 Å². The zero-order valence-corrected chi connectivity index (χ0v) is 39.4. The summed E-state index contributed by atoms with van der Waals surface area (Å²) in [5, 5.41) is 5.36. The fraction of sp³-hybridized carbons (Fsp3) is 0. The number of aromatic nitrogens is 3. The second-order valence-corrected chi connectivity index (χ2v) is 22.0. The van der Waals surface area contributed by atoms with Crippen LogP contribution in [0, 0.1) is 0 Å². The molecule has 0 bridgehead atoms. The summed E-state index contributed by atoms with van der Waals surface area (Å²) >= 11 is 0. The number of ether oxygens (including phenoxy) is 2. The minimum absolute atomic E-state index is 0.0854. The largest absolute Gasteiger partial charge is 0.458 e. The van der Waals surface area contributed by atoms with Gasteiger partial charge in [-0.2, -0.15) is 0 Å². The minimum atomic E-state index is -2.81. The van der Waals surface area contributed by atoms with Crippen molar-refractivity contribution in [2.24, 2.45) is 0 Å². The molecule has 0 atom stereocenters. The third kappa shape index (κ3) is 6.60. The molecule has 3 aliphatic rings. The van der Waals surface area contributed by atoms with Gasteiger partial charge < -0.3 is 14.4 Å². The number of fused-ring (bicyclic) bond motifs is 6. The molecule has 0 saturated heterocycles. The monoisotopic (exact) mass is 924 g/mol. The Bertz CT molecular complexity index is 3690. The van der Waals surface area contributed by atoms with Crippen LogP contribution >= 0.6 is 0 Å². The molecular formula is C63H41BN4O2Si. The number of para-hydroxylation sites is 3. The smallest absolute Gasteiger partial charge is 0.260 e. The first-order chi connectivity index (χ1) is 35.2. The molecule has 0 aliphatic carbocycles. The quantitative estimate of drug-likeness (QED) is 0.149. The Labute approximate surface area is 413 Å². The highest BCUT2D eigenvalue weighted by Gasteiger charge is 2.49. The van der Waals surface area contributed by atoms with Gasteiger partial charge in [0.2, 0.25) is 0 Å². The summed E-state index contributed by atoms with van der Waals surface area (Å²) in [6.07, 6.45) is 0. The molecule has 6 nitrogen and oxygen atoms in total. The SMILES string of the molecule is c1ccc(-c2nc(-c3ccccc3)nc(-c3ccc(-c4ccc5c(c4)Oc4cc(N6c7ccccc7[Si](c7ccccc7)(c7ccccc7)c7ccccc76)cc6c4B5c4ccccc4O6)cc3)n2)cc1. The Kier molecular flexibility index (Phi) is 9.54. The van der Waals surface area contributed by atoms with E-state index in [4.69, 9.17) is 24.4 Å². The van der Waals surface area contributed by atoms with Gasteiger partial charge in [-0.25, -0.2) is 15.0 Å². The summed E-state index contributed by atoms with van der Waals surface area (Å²) in [5.74, 6) is 5.14. The zero-order valence-electron chi connectivity index (χ0n) is 38.4. The van der Waals surface area contributed by atoms with Crippen LogP contribution in [-0.2, 0) is 0 Å². The Morgan fingerprint density at radius 3 is 1.32 bits per heavy atom. The molecule has 0 fully saturated rings. The fourth-order valence-electron chi connectivity index (χ4n) is 11.2. The van der Waals surface area contributed by atoms with Crippen LogP contribution in [0.1, 0.15) is 0 Å². The molecular weight excluding hydrogens is 884 g/mol. The molecule has 71 heavy (non-hydrogen) atoms. The lowest BCUT2D eigenvalue weighted by Crippen LogP contribution is -2.77. The highest BCUT2D eigenvalue weighted by Crippen LogP contribution is 2.44. The third-order valence-corrected chi connectivity index (χ3v) is 19.2. The number of nitrogens with zero attached hydrogens (tertiary/aromatic N) is 4. The van der Waals surface area contributed by atoms with Crippen molar-refractivity contribution in [3.05, 3.63) is 249 Å². The van der Waals surface area contributed by atoms with Gasteiger partial charge in [-0.15, -0.1) is 0 Å². The van der Waals surface area contributed by atoms with Crippen molar-refractivity contribution in [2.75, 3.05) is 4.90 Å². The topological polar surface area (TPSA) is 60.4 Å². The standard InChI is InChI=1S/C63H41BN4O2Si/c1-5-19-43(20-6-1)61-65-62(44-21-7-2-8-22-44)67-63(66-61)45-35-33-42(34-36-45)46-37-38-51-55(39-46)70-57-41-47(40-56-60(57)64(51)50-27-13-16-30-54(50)69-56)68-52-28-14-17-31-58(52)71(48-23-9-3-10-24-48,49-25-11-4-12-26-49)59-32-18-15-29-53(59)68/h1-41H. The van der Waals surface area contributed by atoms with E-state index < -0.39 is 8.07 Å². The molecule has 0 radical (unpaired) electrons. The first kappa shape index (κ1) is 40.9. The number of anilines is 3. The van der Waals surface area contributed by atoms with E-state index in [1.807, 2.05) is 60.7 Å². The molecule has 0 spiro atoms. The van der Waals surface area contributed by atoms with Crippen molar-refractivity contribution >= 4 is 69.0 Å². The number of rotatable bonds is 7. The minimum Gasteiger partial charge on any atom is -0.458 e. The number of benzene rings is 10. The summed E-state index contributed by atoms with van der Waals surface area (Å²) in [6, 6.07) is 88.3. The van der Waals surface area contributed by atoms with Gasteiger partial charge in [-0.3, -0.25) is 0 Å². The molecule has 332 valence electrons. The van der Waals surface area contributed by atoms with E-state index >= 15 is 0 Å². The van der Waals surface area contributed by atoms with Crippen LogP contribution in [0.5, 0.6) is 23.0 Å². The van der Waals surface area contributed by atoms with E-state index in [1.165, 1.54) is 20.7 Å². The number of hydrogen-bond donors (Lipinski definition) is 0. The molecule has 8 heteroatoms. The molecule has 1 aromatic heterocycles. The molecule has 0 N–H and O–H groups in total. The van der Waals surface area contributed by atoms with Crippen molar-refractivity contribution in [1.29, 1.82) is 0 Å². The van der Waals surface area contributed by atoms with Gasteiger partial charge in [0.25, 0.3) is 6.71 Å². The van der Waals surface area contributed by atoms with Gasteiger partial charge in [0.1, 0.15) is 23.0 Å². The Morgan fingerprint density at radius 1 is 0.338 bits per heavy atom. The van der Waals surface area contributed by atoms with E-state index in [0.717, 1.165) is 84.3 Å². The lowest BCUT2D eigenvalue weighted by Gasteiger charge is -2.45. The van der Waals surface area contributed by atoms with Crippen LogP contribution in [-0.4, -0.2) is 29.7 Å². The average Bonchev–Trinajstić information content (AvgIpc) is 3.45. The van der Waals surface area contributed by atoms with Crippen molar-refractivity contribution in [3.8, 4) is 68.3 Å². The van der Waals surface area contributed by atoms with Gasteiger partial charge in [0.15, 0.2) is 25.5 Å². The van der Waals surface area contributed by atoms with Crippen LogP contribution in [0.25, 0.3) is 45.3 Å². The normalized spacial score (nSPS) is 13.4. The van der Waals surface area contributed by atoms with Crippen LogP contribution in [0.4, 0.5) is 17.1 Å². The summed E-state index contributed by atoms with van der Waals surface area (Å²) in [5.41, 5.74) is 11.4. The van der Waals surface area contributed by atoms with Crippen molar-refractivity contribution < 1.29 is 9.47 Å². The fourth-order valence-corrected chi connectivity index (χ4v) is 16.3. The maximum atomic E-state index is 7.17. The number of hydrogen-bond acceptors (Lipinski definition) is 6. The third-order valence-electron chi connectivity index (χ3n) is 14.3. The van der Waals surface area contributed by atoms with Gasteiger partial charge in [-0.05, 0) is 67.1 Å². The van der Waals surface area contributed by atoms with E-state index in [2.05, 4.69) is 193 Å². The van der Waals surface area contributed by atoms with Gasteiger partial charge in [-0.1, -0.05) is 212 Å². The molecule has 3 aliphatic heterocycles. The molecule has 0 amide bonds. The van der Waals surface area contributed by atoms with Crippen LogP contribution < -0.4 is 51.5 Å². The summed E-state index contributed by atoms with van der Waals surface area (Å²) in [7, 11) is -2.81. The summed E-state index contributed by atoms with van der Waals surface area (Å²) in [4.78, 5) is 17.3. The molecule has 0 saturated carbocycles. The highest BCUT2D eigenvalue weighted by atomic mass is 28.3. The summed E-state index contributed by atoms with van der Waals surface area (Å²) < 4.78 is 14.1. The van der Waals surface area contributed by atoms with Gasteiger partial charge >= 0.3 is 0 Å². The Balaban J connectivity index is 0.880. The Morgan fingerprint density at radius 2 is 0.761 bits per heavy atom. The lowest BCUT2D eigenvalue weighted by molar-refractivity contribution is 0.465. The van der Waals surface area contributed by atoms with E-state index in [-0.39, 0.29) is 6.71 Å². The van der Waals surface area contributed by atoms with Crippen molar-refractivity contribution in [1.82, 2.24) is 15.0 Å². The van der Waals surface area contributed by atoms with Crippen LogP contribution in [0.15, 0.2) is 249 Å². The van der Waals surface area contributed by atoms with E-state index in [0.29, 0.717) is 17.5 Å². The summed E-state index contributed by atoms with van der Waals surface area (Å²) in [6.45, 7) is -0.0854. The average molecular weight is 925 g/mol. The molecule has 10 aromatic carbocycles.